The van der Waals surface area contributed by atoms with Crippen molar-refractivity contribution in [3.05, 3.63) is 95.6 Å². The number of carbonyl (C=O) groups is 1. The summed E-state index contributed by atoms with van der Waals surface area (Å²) >= 11 is 0. The maximum Gasteiger partial charge on any atom is 0.251 e. The molecule has 7 heteroatoms. The maximum atomic E-state index is 12.6. The lowest BCUT2D eigenvalue weighted by atomic mass is 10.0. The van der Waals surface area contributed by atoms with E-state index < -0.39 is 10.0 Å². The number of hydrogen-bond acceptors (Lipinski definition) is 4. The number of nitrogens with zero attached hydrogens (tertiary/aromatic N) is 1. The Hall–Kier alpha value is -3.32. The van der Waals surface area contributed by atoms with E-state index in [2.05, 4.69) is 12.2 Å². The number of sulfonamides is 1. The van der Waals surface area contributed by atoms with E-state index in [1.807, 2.05) is 44.2 Å². The summed E-state index contributed by atoms with van der Waals surface area (Å²) in [5.74, 6) is 0.726. The third-order valence-corrected chi connectivity index (χ3v) is 6.52. The first-order chi connectivity index (χ1) is 16.1. The van der Waals surface area contributed by atoms with Gasteiger partial charge in [0.05, 0.1) is 24.6 Å². The summed E-state index contributed by atoms with van der Waals surface area (Å²) < 4.78 is 31.9. The molecule has 1 atom stereocenters. The van der Waals surface area contributed by atoms with Crippen LogP contribution in [0.3, 0.4) is 0 Å². The molecule has 6 nitrogen and oxygen atoms in total. The van der Waals surface area contributed by atoms with Crippen LogP contribution in [-0.4, -0.2) is 33.2 Å². The predicted octanol–water partition coefficient (Wildman–Crippen LogP) is 4.97. The van der Waals surface area contributed by atoms with Crippen molar-refractivity contribution in [2.75, 3.05) is 17.1 Å². The molecule has 0 saturated heterocycles. The van der Waals surface area contributed by atoms with E-state index >= 15 is 0 Å². The number of anilines is 1. The molecule has 0 radical (unpaired) electrons. The van der Waals surface area contributed by atoms with Crippen LogP contribution in [0.2, 0.25) is 0 Å². The zero-order chi connectivity index (χ0) is 24.7. The van der Waals surface area contributed by atoms with Gasteiger partial charge in [0.1, 0.15) is 5.75 Å². The minimum Gasteiger partial charge on any atom is -0.491 e. The first kappa shape index (κ1) is 25.3. The van der Waals surface area contributed by atoms with Crippen LogP contribution < -0.4 is 14.4 Å². The lowest BCUT2D eigenvalue weighted by Crippen LogP contribution is -2.29. The van der Waals surface area contributed by atoms with E-state index in [0.29, 0.717) is 23.5 Å². The second-order valence-corrected chi connectivity index (χ2v) is 10.6. The van der Waals surface area contributed by atoms with Crippen molar-refractivity contribution in [3.8, 4) is 5.75 Å². The van der Waals surface area contributed by atoms with Gasteiger partial charge in [0.15, 0.2) is 0 Å². The van der Waals surface area contributed by atoms with Crippen molar-refractivity contribution >= 4 is 21.6 Å². The van der Waals surface area contributed by atoms with Crippen LogP contribution in [0, 0.1) is 0 Å². The topological polar surface area (TPSA) is 75.7 Å². The molecule has 0 aliphatic rings. The summed E-state index contributed by atoms with van der Waals surface area (Å²) in [6.07, 6.45) is 1.22. The average Bonchev–Trinajstić information content (AvgIpc) is 2.81. The van der Waals surface area contributed by atoms with Gasteiger partial charge in [-0.15, -0.1) is 0 Å². The van der Waals surface area contributed by atoms with Gasteiger partial charge in [-0.25, -0.2) is 8.42 Å². The van der Waals surface area contributed by atoms with Gasteiger partial charge in [0, 0.05) is 12.1 Å². The fourth-order valence-electron chi connectivity index (χ4n) is 3.54. The second kappa shape index (κ2) is 11.2. The van der Waals surface area contributed by atoms with E-state index in [1.54, 1.807) is 48.5 Å². The number of benzene rings is 3. The Morgan fingerprint density at radius 3 is 2.09 bits per heavy atom. The highest BCUT2D eigenvalue weighted by molar-refractivity contribution is 7.92. The number of amides is 1. The van der Waals surface area contributed by atoms with Crippen LogP contribution in [0.25, 0.3) is 0 Å². The van der Waals surface area contributed by atoms with Gasteiger partial charge >= 0.3 is 0 Å². The molecule has 1 N–H and O–H groups in total. The van der Waals surface area contributed by atoms with Crippen LogP contribution in [0.15, 0.2) is 78.9 Å². The van der Waals surface area contributed by atoms with Gasteiger partial charge in [-0.2, -0.15) is 0 Å². The molecule has 0 fully saturated rings. The summed E-state index contributed by atoms with van der Waals surface area (Å²) in [6, 6.07) is 24.0. The minimum absolute atomic E-state index is 0.0362. The zero-order valence-corrected chi connectivity index (χ0v) is 20.9. The van der Waals surface area contributed by atoms with E-state index in [0.717, 1.165) is 5.56 Å². The highest BCUT2D eigenvalue weighted by Gasteiger charge is 2.18. The summed E-state index contributed by atoms with van der Waals surface area (Å²) in [4.78, 5) is 12.6. The fraction of sp³-hybridized carbons (Fsp3) is 0.296. The largest absolute Gasteiger partial charge is 0.491 e. The summed E-state index contributed by atoms with van der Waals surface area (Å²) in [5.41, 5.74) is 3.03. The second-order valence-electron chi connectivity index (χ2n) is 8.65. The molecule has 0 bridgehead atoms. The van der Waals surface area contributed by atoms with Crippen LogP contribution in [0.5, 0.6) is 5.75 Å². The number of hydrogen-bond donors (Lipinski definition) is 1. The summed E-state index contributed by atoms with van der Waals surface area (Å²) in [7, 11) is -3.51. The molecule has 1 amide bonds. The van der Waals surface area contributed by atoms with Crippen molar-refractivity contribution in [1.29, 1.82) is 0 Å². The Morgan fingerprint density at radius 2 is 1.53 bits per heavy atom. The quantitative estimate of drug-likeness (QED) is 0.444. The Balaban J connectivity index is 1.65. The van der Waals surface area contributed by atoms with Crippen LogP contribution >= 0.6 is 0 Å². The molecule has 0 saturated carbocycles. The Bertz CT molecular complexity index is 1180. The third kappa shape index (κ3) is 7.09. The van der Waals surface area contributed by atoms with Crippen LogP contribution in [0.4, 0.5) is 5.69 Å². The normalized spacial score (nSPS) is 12.3. The minimum atomic E-state index is -3.51. The van der Waals surface area contributed by atoms with Crippen molar-refractivity contribution in [2.45, 2.75) is 39.3 Å². The van der Waals surface area contributed by atoms with Gasteiger partial charge in [0.25, 0.3) is 5.91 Å². The molecule has 3 rings (SSSR count). The molecule has 0 aromatic heterocycles. The zero-order valence-electron chi connectivity index (χ0n) is 20.1. The first-order valence-electron chi connectivity index (χ1n) is 11.3. The molecular formula is C27H32N2O4S. The maximum absolute atomic E-state index is 12.6. The molecule has 0 spiro atoms. The molecular weight excluding hydrogens is 448 g/mol. The highest BCUT2D eigenvalue weighted by atomic mass is 32.2. The highest BCUT2D eigenvalue weighted by Crippen LogP contribution is 2.24. The Labute approximate surface area is 202 Å². The summed E-state index contributed by atoms with van der Waals surface area (Å²) in [6.45, 7) is 6.63. The number of ether oxygens (including phenoxy) is 1. The smallest absolute Gasteiger partial charge is 0.251 e. The molecule has 180 valence electrons. The average molecular weight is 481 g/mol. The summed E-state index contributed by atoms with van der Waals surface area (Å²) in [5, 5.41) is 2.97. The molecule has 0 aliphatic heterocycles. The van der Waals surface area contributed by atoms with E-state index in [-0.39, 0.29) is 24.5 Å². The number of carbonyl (C=O) groups excluding carboxylic acids is 1. The lowest BCUT2D eigenvalue weighted by molar-refractivity contribution is 0.0951. The van der Waals surface area contributed by atoms with Crippen molar-refractivity contribution in [2.24, 2.45) is 0 Å². The molecule has 0 heterocycles. The van der Waals surface area contributed by atoms with Crippen LogP contribution in [-0.2, 0) is 16.6 Å². The van der Waals surface area contributed by atoms with Gasteiger partial charge in [-0.1, -0.05) is 49.4 Å². The molecule has 0 unspecified atom stereocenters. The Kier molecular flexibility index (Phi) is 8.34. The fourth-order valence-corrected chi connectivity index (χ4v) is 4.43. The van der Waals surface area contributed by atoms with Gasteiger partial charge in [-0.05, 0) is 67.3 Å². The Morgan fingerprint density at radius 1 is 0.912 bits per heavy atom. The van der Waals surface area contributed by atoms with Gasteiger partial charge in [-0.3, -0.25) is 9.10 Å². The van der Waals surface area contributed by atoms with Gasteiger partial charge < -0.3 is 10.1 Å². The van der Waals surface area contributed by atoms with E-state index in [4.69, 9.17) is 4.74 Å². The predicted molar refractivity (Wildman–Crippen MR) is 137 cm³/mol. The number of rotatable bonds is 10. The molecule has 3 aromatic carbocycles. The van der Waals surface area contributed by atoms with Crippen molar-refractivity contribution in [3.63, 3.8) is 0 Å². The van der Waals surface area contributed by atoms with Crippen LogP contribution in [0.1, 0.15) is 48.2 Å². The SMILES string of the molecule is CC(C)Oc1ccc(N(Cc2ccc(C(=O)NC[C@@H](C)c3ccccc3)cc2)S(C)(=O)=O)cc1. The van der Waals surface area contributed by atoms with Crippen molar-refractivity contribution in [1.82, 2.24) is 5.32 Å². The molecule has 3 aromatic rings. The number of nitrogens with one attached hydrogen (secondary N) is 1. The van der Waals surface area contributed by atoms with Crippen molar-refractivity contribution < 1.29 is 17.9 Å². The first-order valence-corrected chi connectivity index (χ1v) is 13.1. The molecule has 0 aliphatic carbocycles. The molecule has 34 heavy (non-hydrogen) atoms. The third-order valence-electron chi connectivity index (χ3n) is 5.38. The van der Waals surface area contributed by atoms with Gasteiger partial charge in [0.2, 0.25) is 10.0 Å². The standard InChI is InChI=1S/C27H32N2O4S/c1-20(2)33-26-16-14-25(15-17-26)29(34(4,31)32)19-22-10-12-24(13-11-22)27(30)28-18-21(3)23-8-6-5-7-9-23/h5-17,20-21H,18-19H2,1-4H3,(H,28,30)/t21-/m1/s1. The monoisotopic (exact) mass is 480 g/mol. The van der Waals surface area contributed by atoms with E-state index in [1.165, 1.54) is 16.1 Å². The van der Waals surface area contributed by atoms with E-state index in [9.17, 15) is 13.2 Å². The lowest BCUT2D eigenvalue weighted by Gasteiger charge is -2.23.